The molecule has 2 aromatic carbocycles. The van der Waals surface area contributed by atoms with E-state index in [4.69, 9.17) is 0 Å². The molecule has 7 nitrogen and oxygen atoms in total. The van der Waals surface area contributed by atoms with Gasteiger partial charge in [0.1, 0.15) is 0 Å². The van der Waals surface area contributed by atoms with Crippen LogP contribution in [-0.2, 0) is 19.6 Å². The molecule has 142 valence electrons. The maximum Gasteiger partial charge on any atom is 0.244 e. The molecule has 0 bridgehead atoms. The summed E-state index contributed by atoms with van der Waals surface area (Å²) in [6.45, 7) is 1.85. The highest BCUT2D eigenvalue weighted by molar-refractivity contribution is 7.89. The Kier molecular flexibility index (Phi) is 7.27. The first-order valence-corrected chi connectivity index (χ1v) is 9.79. The fourth-order valence-corrected chi connectivity index (χ4v) is 3.20. The first kappa shape index (κ1) is 20.3. The van der Waals surface area contributed by atoms with Gasteiger partial charge in [0.25, 0.3) is 0 Å². The highest BCUT2D eigenvalue weighted by Crippen LogP contribution is 2.11. The minimum atomic E-state index is -3.50. The average molecular weight is 387 g/mol. The summed E-state index contributed by atoms with van der Waals surface area (Å²) in [6, 6.07) is 15.0. The number of carbonyl (C=O) groups is 2. The van der Waals surface area contributed by atoms with E-state index in [2.05, 4.69) is 15.4 Å². The van der Waals surface area contributed by atoms with Crippen molar-refractivity contribution in [2.45, 2.75) is 11.8 Å². The number of para-hydroxylation sites is 1. The van der Waals surface area contributed by atoms with Gasteiger partial charge in [-0.25, -0.2) is 13.1 Å². The van der Waals surface area contributed by atoms with Gasteiger partial charge in [-0.1, -0.05) is 37.3 Å². The Morgan fingerprint density at radius 1 is 1.00 bits per heavy atom. The van der Waals surface area contributed by atoms with Crippen LogP contribution in [0, 0.1) is 0 Å². The number of hydrogen-bond donors (Lipinski definition) is 3. The predicted molar refractivity (Wildman–Crippen MR) is 104 cm³/mol. The standard InChI is InChI=1S/C19H21N3O4S/c1-2-21-27(25,26)17-11-8-15(9-12-17)10-13-18(23)20-14-19(24)22-16-6-4-3-5-7-16/h3-13,21H,2,14H2,1H3,(H,20,23)(H,22,24). The monoisotopic (exact) mass is 387 g/mol. The molecule has 8 heteroatoms. The van der Waals surface area contributed by atoms with E-state index < -0.39 is 15.9 Å². The summed E-state index contributed by atoms with van der Waals surface area (Å²) in [5, 5.41) is 5.14. The molecule has 0 aliphatic heterocycles. The molecule has 0 radical (unpaired) electrons. The first-order valence-electron chi connectivity index (χ1n) is 8.31. The number of sulfonamides is 1. The van der Waals surface area contributed by atoms with Gasteiger partial charge in [-0.2, -0.15) is 0 Å². The Balaban J connectivity index is 1.84. The molecule has 0 heterocycles. The van der Waals surface area contributed by atoms with E-state index in [0.29, 0.717) is 17.8 Å². The Morgan fingerprint density at radius 3 is 2.30 bits per heavy atom. The molecule has 0 fully saturated rings. The zero-order valence-electron chi connectivity index (χ0n) is 14.8. The highest BCUT2D eigenvalue weighted by atomic mass is 32.2. The predicted octanol–water partition coefficient (Wildman–Crippen LogP) is 1.75. The molecule has 3 N–H and O–H groups in total. The number of carbonyl (C=O) groups excluding carboxylic acids is 2. The van der Waals surface area contributed by atoms with Crippen molar-refractivity contribution in [3.05, 3.63) is 66.2 Å². The Morgan fingerprint density at radius 2 is 1.67 bits per heavy atom. The molecule has 0 aromatic heterocycles. The van der Waals surface area contributed by atoms with Crippen molar-refractivity contribution in [1.29, 1.82) is 0 Å². The van der Waals surface area contributed by atoms with Crippen molar-refractivity contribution in [3.63, 3.8) is 0 Å². The van der Waals surface area contributed by atoms with E-state index >= 15 is 0 Å². The molecular weight excluding hydrogens is 366 g/mol. The van der Waals surface area contributed by atoms with Crippen LogP contribution in [0.3, 0.4) is 0 Å². The maximum atomic E-state index is 11.9. The average Bonchev–Trinajstić information content (AvgIpc) is 2.66. The van der Waals surface area contributed by atoms with Gasteiger partial charge in [0, 0.05) is 18.3 Å². The summed E-state index contributed by atoms with van der Waals surface area (Å²) < 4.78 is 26.1. The molecule has 0 atom stereocenters. The molecule has 0 aliphatic rings. The van der Waals surface area contributed by atoms with Crippen molar-refractivity contribution in [2.24, 2.45) is 0 Å². The van der Waals surface area contributed by atoms with E-state index in [9.17, 15) is 18.0 Å². The topological polar surface area (TPSA) is 104 Å². The van der Waals surface area contributed by atoms with Gasteiger partial charge in [0.15, 0.2) is 0 Å². The van der Waals surface area contributed by atoms with Crippen LogP contribution < -0.4 is 15.4 Å². The lowest BCUT2D eigenvalue weighted by molar-refractivity contribution is -0.121. The first-order chi connectivity index (χ1) is 12.9. The lowest BCUT2D eigenvalue weighted by atomic mass is 10.2. The largest absolute Gasteiger partial charge is 0.343 e. The summed E-state index contributed by atoms with van der Waals surface area (Å²) in [6.07, 6.45) is 2.82. The summed E-state index contributed by atoms with van der Waals surface area (Å²) in [4.78, 5) is 23.7. The van der Waals surface area contributed by atoms with Crippen molar-refractivity contribution < 1.29 is 18.0 Å². The van der Waals surface area contributed by atoms with Crippen molar-refractivity contribution in [2.75, 3.05) is 18.4 Å². The molecule has 0 spiro atoms. The smallest absolute Gasteiger partial charge is 0.244 e. The lowest BCUT2D eigenvalue weighted by Gasteiger charge is -2.05. The Labute approximate surface area is 158 Å². The van der Waals surface area contributed by atoms with Crippen LogP contribution in [0.2, 0.25) is 0 Å². The number of benzene rings is 2. The van der Waals surface area contributed by atoms with Crippen LogP contribution in [0.4, 0.5) is 5.69 Å². The lowest BCUT2D eigenvalue weighted by Crippen LogP contribution is -2.31. The molecule has 0 aliphatic carbocycles. The van der Waals surface area contributed by atoms with Gasteiger partial charge in [0.05, 0.1) is 11.4 Å². The van der Waals surface area contributed by atoms with Gasteiger partial charge in [-0.15, -0.1) is 0 Å². The van der Waals surface area contributed by atoms with E-state index in [-0.39, 0.29) is 17.3 Å². The number of nitrogens with one attached hydrogen (secondary N) is 3. The second-order valence-electron chi connectivity index (χ2n) is 5.54. The van der Waals surface area contributed by atoms with Gasteiger partial charge >= 0.3 is 0 Å². The summed E-state index contributed by atoms with van der Waals surface area (Å²) in [7, 11) is -3.50. The quantitative estimate of drug-likeness (QED) is 0.600. The minimum absolute atomic E-state index is 0.155. The third kappa shape index (κ3) is 6.69. The SMILES string of the molecule is CCNS(=O)(=O)c1ccc(C=CC(=O)NCC(=O)Nc2ccccc2)cc1. The maximum absolute atomic E-state index is 11.9. The molecule has 0 unspecified atom stereocenters. The second kappa shape index (κ2) is 9.65. The Bertz CT molecular complexity index is 908. The molecule has 2 amide bonds. The van der Waals surface area contributed by atoms with Crippen LogP contribution in [0.25, 0.3) is 6.08 Å². The number of amides is 2. The second-order valence-corrected chi connectivity index (χ2v) is 7.30. The van der Waals surface area contributed by atoms with Crippen molar-refractivity contribution in [3.8, 4) is 0 Å². The van der Waals surface area contributed by atoms with E-state index in [1.807, 2.05) is 6.07 Å². The fraction of sp³-hybridized carbons (Fsp3) is 0.158. The zero-order chi connectivity index (χ0) is 19.7. The molecule has 2 rings (SSSR count). The summed E-state index contributed by atoms with van der Waals surface area (Å²) in [5.74, 6) is -0.761. The van der Waals surface area contributed by atoms with Crippen LogP contribution in [0.5, 0.6) is 0 Å². The van der Waals surface area contributed by atoms with Crippen LogP contribution in [0.1, 0.15) is 12.5 Å². The van der Waals surface area contributed by atoms with E-state index in [1.54, 1.807) is 43.3 Å². The molecule has 0 saturated heterocycles. The minimum Gasteiger partial charge on any atom is -0.343 e. The third-order valence-electron chi connectivity index (χ3n) is 3.43. The van der Waals surface area contributed by atoms with Crippen LogP contribution >= 0.6 is 0 Å². The fourth-order valence-electron chi connectivity index (χ4n) is 2.16. The summed E-state index contributed by atoms with van der Waals surface area (Å²) in [5.41, 5.74) is 1.31. The molecule has 2 aromatic rings. The normalized spacial score (nSPS) is 11.3. The number of rotatable bonds is 8. The third-order valence-corrected chi connectivity index (χ3v) is 4.99. The van der Waals surface area contributed by atoms with Gasteiger partial charge in [-0.3, -0.25) is 9.59 Å². The molecule has 0 saturated carbocycles. The van der Waals surface area contributed by atoms with Crippen molar-refractivity contribution in [1.82, 2.24) is 10.0 Å². The highest BCUT2D eigenvalue weighted by Gasteiger charge is 2.11. The Hall–Kier alpha value is -2.97. The number of anilines is 1. The molecular formula is C19H21N3O4S. The number of hydrogen-bond acceptors (Lipinski definition) is 4. The van der Waals surface area contributed by atoms with Gasteiger partial charge < -0.3 is 10.6 Å². The van der Waals surface area contributed by atoms with Crippen molar-refractivity contribution >= 4 is 33.6 Å². The molecule has 27 heavy (non-hydrogen) atoms. The summed E-state index contributed by atoms with van der Waals surface area (Å²) >= 11 is 0. The zero-order valence-corrected chi connectivity index (χ0v) is 15.6. The van der Waals surface area contributed by atoms with E-state index in [0.717, 1.165) is 0 Å². The van der Waals surface area contributed by atoms with Gasteiger partial charge in [0.2, 0.25) is 21.8 Å². The van der Waals surface area contributed by atoms with E-state index in [1.165, 1.54) is 24.3 Å². The van der Waals surface area contributed by atoms with Crippen LogP contribution in [-0.4, -0.2) is 33.3 Å². The van der Waals surface area contributed by atoms with Crippen LogP contribution in [0.15, 0.2) is 65.6 Å². The van der Waals surface area contributed by atoms with Gasteiger partial charge in [-0.05, 0) is 35.9 Å².